The normalized spacial score (nSPS) is 25.3. The highest BCUT2D eigenvalue weighted by Crippen LogP contribution is 2.25. The number of carbonyl (C=O) groups excluding carboxylic acids is 1. The second-order valence-electron chi connectivity index (χ2n) is 5.02. The summed E-state index contributed by atoms with van der Waals surface area (Å²) in [5.41, 5.74) is 0. The lowest BCUT2D eigenvalue weighted by molar-refractivity contribution is -0.147. The minimum Gasteiger partial charge on any atom is -0.469 e. The number of rotatable bonds is 5. The SMILES string of the molecule is CCC(C(=O)OC)C(NC)C1CCCN(C)C1. The number of piperidine rings is 1. The zero-order valence-electron chi connectivity index (χ0n) is 11.5. The Kier molecular flexibility index (Phi) is 5.92. The number of esters is 1. The molecule has 4 heteroatoms. The smallest absolute Gasteiger partial charge is 0.310 e. The number of nitrogens with one attached hydrogen (secondary N) is 1. The van der Waals surface area contributed by atoms with E-state index in [1.54, 1.807) is 0 Å². The van der Waals surface area contributed by atoms with Gasteiger partial charge in [-0.1, -0.05) is 6.92 Å². The molecular weight excluding hydrogens is 216 g/mol. The molecular formula is C13H26N2O2. The molecule has 0 spiro atoms. The van der Waals surface area contributed by atoms with E-state index < -0.39 is 0 Å². The Hall–Kier alpha value is -0.610. The van der Waals surface area contributed by atoms with Gasteiger partial charge in [-0.15, -0.1) is 0 Å². The van der Waals surface area contributed by atoms with Crippen LogP contribution in [0.1, 0.15) is 26.2 Å². The van der Waals surface area contributed by atoms with Crippen LogP contribution in [0.2, 0.25) is 0 Å². The highest BCUT2D eigenvalue weighted by atomic mass is 16.5. The van der Waals surface area contributed by atoms with Gasteiger partial charge < -0.3 is 15.0 Å². The van der Waals surface area contributed by atoms with Gasteiger partial charge in [0.15, 0.2) is 0 Å². The third-order valence-corrected chi connectivity index (χ3v) is 3.88. The summed E-state index contributed by atoms with van der Waals surface area (Å²) in [6.07, 6.45) is 3.25. The van der Waals surface area contributed by atoms with Crippen LogP contribution in [0.5, 0.6) is 0 Å². The number of carbonyl (C=O) groups is 1. The van der Waals surface area contributed by atoms with Crippen LogP contribution in [0.3, 0.4) is 0 Å². The van der Waals surface area contributed by atoms with Crippen molar-refractivity contribution in [1.82, 2.24) is 10.2 Å². The standard InChI is InChI=1S/C13H26N2O2/c1-5-11(13(16)17-4)12(14-2)10-7-6-8-15(3)9-10/h10-12,14H,5-9H2,1-4H3. The Morgan fingerprint density at radius 2 is 2.29 bits per heavy atom. The van der Waals surface area contributed by atoms with E-state index in [1.165, 1.54) is 26.5 Å². The molecule has 0 aromatic heterocycles. The van der Waals surface area contributed by atoms with E-state index in [0.29, 0.717) is 5.92 Å². The minimum absolute atomic E-state index is 0.0264. The molecule has 1 heterocycles. The number of hydrogen-bond donors (Lipinski definition) is 1. The van der Waals surface area contributed by atoms with E-state index in [4.69, 9.17) is 4.74 Å². The van der Waals surface area contributed by atoms with Crippen LogP contribution in [-0.2, 0) is 9.53 Å². The van der Waals surface area contributed by atoms with Gasteiger partial charge in [-0.2, -0.15) is 0 Å². The Morgan fingerprint density at radius 1 is 1.59 bits per heavy atom. The van der Waals surface area contributed by atoms with Crippen LogP contribution in [0.4, 0.5) is 0 Å². The summed E-state index contributed by atoms with van der Waals surface area (Å²) in [5.74, 6) is 0.435. The summed E-state index contributed by atoms with van der Waals surface area (Å²) >= 11 is 0. The second kappa shape index (κ2) is 6.97. The van der Waals surface area contributed by atoms with E-state index in [0.717, 1.165) is 13.0 Å². The molecule has 1 aliphatic rings. The van der Waals surface area contributed by atoms with Crippen LogP contribution in [0, 0.1) is 11.8 Å². The van der Waals surface area contributed by atoms with E-state index >= 15 is 0 Å². The van der Waals surface area contributed by atoms with Gasteiger partial charge in [0.2, 0.25) is 0 Å². The van der Waals surface area contributed by atoms with Gasteiger partial charge in [0, 0.05) is 12.6 Å². The number of likely N-dealkylation sites (tertiary alicyclic amines) is 1. The molecule has 3 unspecified atom stereocenters. The quantitative estimate of drug-likeness (QED) is 0.734. The van der Waals surface area contributed by atoms with Gasteiger partial charge in [-0.25, -0.2) is 0 Å². The molecule has 0 saturated carbocycles. The van der Waals surface area contributed by atoms with E-state index in [1.807, 2.05) is 7.05 Å². The topological polar surface area (TPSA) is 41.6 Å². The molecule has 1 saturated heterocycles. The van der Waals surface area contributed by atoms with Crippen molar-refractivity contribution >= 4 is 5.97 Å². The minimum atomic E-state index is -0.0833. The molecule has 100 valence electrons. The molecule has 0 radical (unpaired) electrons. The Bertz CT molecular complexity index is 246. The third kappa shape index (κ3) is 3.68. The summed E-state index contributed by atoms with van der Waals surface area (Å²) in [6.45, 7) is 4.29. The zero-order valence-corrected chi connectivity index (χ0v) is 11.5. The van der Waals surface area contributed by atoms with E-state index in [9.17, 15) is 4.79 Å². The van der Waals surface area contributed by atoms with Crippen molar-refractivity contribution in [3.63, 3.8) is 0 Å². The van der Waals surface area contributed by atoms with E-state index in [-0.39, 0.29) is 17.9 Å². The van der Waals surface area contributed by atoms with Gasteiger partial charge in [0.25, 0.3) is 0 Å². The molecule has 0 aromatic carbocycles. The summed E-state index contributed by atoms with van der Waals surface area (Å²) in [4.78, 5) is 14.1. The first kappa shape index (κ1) is 14.5. The molecule has 0 amide bonds. The van der Waals surface area contributed by atoms with Crippen LogP contribution in [-0.4, -0.2) is 51.2 Å². The molecule has 0 bridgehead atoms. The fourth-order valence-electron chi connectivity index (χ4n) is 2.98. The number of methoxy groups -OCH3 is 1. The molecule has 0 aromatic rings. The number of ether oxygens (including phenoxy) is 1. The van der Waals surface area contributed by atoms with Gasteiger partial charge in [0.05, 0.1) is 13.0 Å². The summed E-state index contributed by atoms with van der Waals surface area (Å²) in [5, 5.41) is 3.33. The highest BCUT2D eigenvalue weighted by Gasteiger charge is 2.34. The van der Waals surface area contributed by atoms with E-state index in [2.05, 4.69) is 24.2 Å². The van der Waals surface area contributed by atoms with Crippen LogP contribution in [0.15, 0.2) is 0 Å². The molecule has 3 atom stereocenters. The van der Waals surface area contributed by atoms with Crippen LogP contribution >= 0.6 is 0 Å². The highest BCUT2D eigenvalue weighted by molar-refractivity contribution is 5.73. The molecule has 1 N–H and O–H groups in total. The average Bonchev–Trinajstić information content (AvgIpc) is 2.34. The van der Waals surface area contributed by atoms with Gasteiger partial charge >= 0.3 is 5.97 Å². The van der Waals surface area contributed by atoms with Crippen molar-refractivity contribution in [2.45, 2.75) is 32.2 Å². The lowest BCUT2D eigenvalue weighted by Gasteiger charge is -2.37. The molecule has 17 heavy (non-hydrogen) atoms. The average molecular weight is 242 g/mol. The Labute approximate surface area is 105 Å². The van der Waals surface area contributed by atoms with Crippen molar-refractivity contribution in [3.05, 3.63) is 0 Å². The lowest BCUT2D eigenvalue weighted by atomic mass is 9.82. The fraction of sp³-hybridized carbons (Fsp3) is 0.923. The monoisotopic (exact) mass is 242 g/mol. The maximum atomic E-state index is 11.8. The van der Waals surface area contributed by atoms with Crippen LogP contribution in [0.25, 0.3) is 0 Å². The molecule has 0 aliphatic carbocycles. The Balaban J connectivity index is 2.70. The molecule has 1 rings (SSSR count). The second-order valence-corrected chi connectivity index (χ2v) is 5.02. The predicted molar refractivity (Wildman–Crippen MR) is 68.9 cm³/mol. The number of hydrogen-bond acceptors (Lipinski definition) is 4. The molecule has 1 aliphatic heterocycles. The van der Waals surface area contributed by atoms with Gasteiger partial charge in [-0.05, 0) is 45.8 Å². The van der Waals surface area contributed by atoms with Crippen molar-refractivity contribution in [1.29, 1.82) is 0 Å². The van der Waals surface area contributed by atoms with Crippen molar-refractivity contribution in [3.8, 4) is 0 Å². The summed E-state index contributed by atoms with van der Waals surface area (Å²) < 4.78 is 4.91. The maximum Gasteiger partial charge on any atom is 0.310 e. The first-order valence-electron chi connectivity index (χ1n) is 6.57. The summed E-state index contributed by atoms with van der Waals surface area (Å²) in [6, 6.07) is 0.232. The Morgan fingerprint density at radius 3 is 2.76 bits per heavy atom. The summed E-state index contributed by atoms with van der Waals surface area (Å²) in [7, 11) is 5.58. The first-order valence-corrected chi connectivity index (χ1v) is 6.57. The first-order chi connectivity index (χ1) is 8.13. The van der Waals surface area contributed by atoms with Gasteiger partial charge in [0.1, 0.15) is 0 Å². The molecule has 4 nitrogen and oxygen atoms in total. The lowest BCUT2D eigenvalue weighted by Crippen LogP contribution is -2.49. The largest absolute Gasteiger partial charge is 0.469 e. The van der Waals surface area contributed by atoms with Crippen molar-refractivity contribution in [2.75, 3.05) is 34.3 Å². The third-order valence-electron chi connectivity index (χ3n) is 3.88. The zero-order chi connectivity index (χ0) is 12.8. The predicted octanol–water partition coefficient (Wildman–Crippen LogP) is 1.12. The molecule has 1 fully saturated rings. The maximum absolute atomic E-state index is 11.8. The van der Waals surface area contributed by atoms with Gasteiger partial charge in [-0.3, -0.25) is 4.79 Å². The fourth-order valence-corrected chi connectivity index (χ4v) is 2.98. The van der Waals surface area contributed by atoms with Crippen molar-refractivity contribution in [2.24, 2.45) is 11.8 Å². The van der Waals surface area contributed by atoms with Crippen molar-refractivity contribution < 1.29 is 9.53 Å². The number of nitrogens with zero attached hydrogens (tertiary/aromatic N) is 1. The van der Waals surface area contributed by atoms with Crippen LogP contribution < -0.4 is 5.32 Å².